The van der Waals surface area contributed by atoms with E-state index in [1.54, 1.807) is 6.07 Å². The number of primary amides is 1. The molecule has 0 saturated carbocycles. The van der Waals surface area contributed by atoms with Crippen molar-refractivity contribution in [2.75, 3.05) is 18.4 Å². The van der Waals surface area contributed by atoms with E-state index in [1.165, 1.54) is 43.5 Å². The number of nitrogens with one attached hydrogen (secondary N) is 2. The lowest BCUT2D eigenvalue weighted by atomic mass is 10.2. The molecule has 0 atom stereocenters. The summed E-state index contributed by atoms with van der Waals surface area (Å²) in [5.74, 6) is -1.05. The van der Waals surface area contributed by atoms with E-state index in [1.807, 2.05) is 0 Å². The van der Waals surface area contributed by atoms with Gasteiger partial charge in [0.05, 0.1) is 24.2 Å². The van der Waals surface area contributed by atoms with Crippen LogP contribution in [0.25, 0.3) is 0 Å². The van der Waals surface area contributed by atoms with Crippen LogP contribution in [0.1, 0.15) is 10.4 Å². The van der Waals surface area contributed by atoms with E-state index in [-0.39, 0.29) is 28.4 Å². The number of amides is 2. The molecule has 0 unspecified atom stereocenters. The molecule has 0 aliphatic rings. The molecule has 0 aliphatic heterocycles. The van der Waals surface area contributed by atoms with E-state index in [0.29, 0.717) is 5.02 Å². The number of rotatable bonds is 7. The molecule has 2 aromatic carbocycles. The molecule has 0 spiro atoms. The van der Waals surface area contributed by atoms with Crippen LogP contribution in [0.5, 0.6) is 5.75 Å². The van der Waals surface area contributed by atoms with Gasteiger partial charge >= 0.3 is 0 Å². The Labute approximate surface area is 155 Å². The van der Waals surface area contributed by atoms with Gasteiger partial charge in [0.1, 0.15) is 5.75 Å². The van der Waals surface area contributed by atoms with Crippen LogP contribution in [-0.4, -0.2) is 33.9 Å². The van der Waals surface area contributed by atoms with Crippen LogP contribution in [0.2, 0.25) is 5.02 Å². The van der Waals surface area contributed by atoms with E-state index < -0.39 is 21.8 Å². The Morgan fingerprint density at radius 3 is 2.58 bits per heavy atom. The van der Waals surface area contributed by atoms with E-state index in [4.69, 9.17) is 22.1 Å². The fourth-order valence-electron chi connectivity index (χ4n) is 2.04. The number of methoxy groups -OCH3 is 1. The number of hydrogen-bond acceptors (Lipinski definition) is 5. The Morgan fingerprint density at radius 2 is 1.92 bits per heavy atom. The molecule has 8 nitrogen and oxygen atoms in total. The van der Waals surface area contributed by atoms with Crippen LogP contribution in [0.4, 0.5) is 5.69 Å². The fraction of sp³-hybridized carbons (Fsp3) is 0.125. The molecule has 26 heavy (non-hydrogen) atoms. The van der Waals surface area contributed by atoms with Gasteiger partial charge in [-0.3, -0.25) is 14.3 Å². The summed E-state index contributed by atoms with van der Waals surface area (Å²) in [5.41, 5.74) is 5.18. The van der Waals surface area contributed by atoms with Gasteiger partial charge in [-0.05, 0) is 36.4 Å². The van der Waals surface area contributed by atoms with Crippen molar-refractivity contribution in [3.05, 3.63) is 53.1 Å². The lowest BCUT2D eigenvalue weighted by Gasteiger charge is -2.13. The van der Waals surface area contributed by atoms with Crippen molar-refractivity contribution in [2.45, 2.75) is 4.90 Å². The highest BCUT2D eigenvalue weighted by Crippen LogP contribution is 2.29. The molecule has 4 N–H and O–H groups in total. The summed E-state index contributed by atoms with van der Waals surface area (Å²) in [5, 5.41) is 2.61. The van der Waals surface area contributed by atoms with Crippen molar-refractivity contribution in [3.8, 4) is 5.75 Å². The van der Waals surface area contributed by atoms with Gasteiger partial charge in [0.25, 0.3) is 15.9 Å². The zero-order valence-electron chi connectivity index (χ0n) is 13.7. The summed E-state index contributed by atoms with van der Waals surface area (Å²) >= 11 is 5.89. The number of carbonyl (C=O) groups is 2. The van der Waals surface area contributed by atoms with E-state index in [2.05, 4.69) is 10.0 Å². The van der Waals surface area contributed by atoms with Gasteiger partial charge in [-0.2, -0.15) is 0 Å². The first-order chi connectivity index (χ1) is 12.2. The van der Waals surface area contributed by atoms with Gasteiger partial charge in [-0.25, -0.2) is 8.42 Å². The van der Waals surface area contributed by atoms with Crippen molar-refractivity contribution in [3.63, 3.8) is 0 Å². The molecule has 0 bridgehead atoms. The first-order valence-electron chi connectivity index (χ1n) is 7.26. The molecule has 138 valence electrons. The van der Waals surface area contributed by atoms with E-state index >= 15 is 0 Å². The smallest absolute Gasteiger partial charge is 0.262 e. The molecule has 10 heteroatoms. The maximum atomic E-state index is 12.6. The predicted octanol–water partition coefficient (Wildman–Crippen LogP) is 1.36. The number of ether oxygens (including phenoxy) is 1. The average molecular weight is 398 g/mol. The summed E-state index contributed by atoms with van der Waals surface area (Å²) in [6, 6.07) is 9.80. The Balaban J connectivity index is 2.30. The summed E-state index contributed by atoms with van der Waals surface area (Å²) in [6.45, 7) is -0.353. The maximum Gasteiger partial charge on any atom is 0.262 e. The summed E-state index contributed by atoms with van der Waals surface area (Å²) in [4.78, 5) is 22.5. The highest BCUT2D eigenvalue weighted by Gasteiger charge is 2.19. The molecule has 0 radical (unpaired) electrons. The van der Waals surface area contributed by atoms with Gasteiger partial charge in [-0.1, -0.05) is 17.7 Å². The van der Waals surface area contributed by atoms with Crippen LogP contribution in [0.3, 0.4) is 0 Å². The number of benzene rings is 2. The Bertz CT molecular complexity index is 947. The van der Waals surface area contributed by atoms with Crippen molar-refractivity contribution in [1.29, 1.82) is 0 Å². The summed E-state index contributed by atoms with van der Waals surface area (Å²) in [6.07, 6.45) is 0. The normalized spacial score (nSPS) is 10.8. The Kier molecular flexibility index (Phi) is 6.06. The van der Waals surface area contributed by atoms with Gasteiger partial charge < -0.3 is 15.8 Å². The van der Waals surface area contributed by atoms with E-state index in [9.17, 15) is 18.0 Å². The van der Waals surface area contributed by atoms with Crippen LogP contribution in [-0.2, 0) is 14.8 Å². The van der Waals surface area contributed by atoms with Crippen molar-refractivity contribution in [2.24, 2.45) is 5.73 Å². The Morgan fingerprint density at radius 1 is 1.19 bits per heavy atom. The molecular formula is C16H16ClN3O5S. The van der Waals surface area contributed by atoms with Gasteiger partial charge in [-0.15, -0.1) is 0 Å². The SMILES string of the molecule is COc1ccc(Cl)cc1NS(=O)(=O)c1cccc(C(=O)NCC(N)=O)c1. The lowest BCUT2D eigenvalue weighted by Crippen LogP contribution is -2.33. The number of sulfonamides is 1. The third-order valence-corrected chi connectivity index (χ3v) is 4.83. The van der Waals surface area contributed by atoms with Crippen molar-refractivity contribution < 1.29 is 22.7 Å². The standard InChI is InChI=1S/C16H16ClN3O5S/c1-25-14-6-5-11(17)8-13(14)20-26(23,24)12-4-2-3-10(7-12)16(22)19-9-15(18)21/h2-8,20H,9H2,1H3,(H2,18,21)(H,19,22). The van der Waals surface area contributed by atoms with Gasteiger partial charge in [0, 0.05) is 10.6 Å². The molecule has 2 rings (SSSR count). The quantitative estimate of drug-likeness (QED) is 0.650. The topological polar surface area (TPSA) is 128 Å². The first-order valence-corrected chi connectivity index (χ1v) is 9.12. The number of nitrogens with two attached hydrogens (primary N) is 1. The van der Waals surface area contributed by atoms with Crippen molar-refractivity contribution in [1.82, 2.24) is 5.32 Å². The first kappa shape index (κ1) is 19.5. The fourth-order valence-corrected chi connectivity index (χ4v) is 3.32. The minimum atomic E-state index is -4.01. The van der Waals surface area contributed by atoms with Crippen molar-refractivity contribution >= 4 is 39.1 Å². The molecule has 0 aliphatic carbocycles. The largest absolute Gasteiger partial charge is 0.495 e. The monoisotopic (exact) mass is 397 g/mol. The third-order valence-electron chi connectivity index (χ3n) is 3.24. The van der Waals surface area contributed by atoms with Crippen LogP contribution in [0.15, 0.2) is 47.4 Å². The number of anilines is 1. The number of carbonyl (C=O) groups excluding carboxylic acids is 2. The maximum absolute atomic E-state index is 12.6. The molecule has 2 amide bonds. The average Bonchev–Trinajstić information content (AvgIpc) is 2.59. The third kappa shape index (κ3) is 4.87. The molecule has 2 aromatic rings. The second kappa shape index (κ2) is 8.07. The second-order valence-electron chi connectivity index (χ2n) is 5.13. The van der Waals surface area contributed by atoms with Gasteiger partial charge in [0.2, 0.25) is 5.91 Å². The Hall–Kier alpha value is -2.78. The van der Waals surface area contributed by atoms with Crippen LogP contribution < -0.4 is 20.5 Å². The molecule has 0 saturated heterocycles. The zero-order valence-corrected chi connectivity index (χ0v) is 15.2. The number of hydrogen-bond donors (Lipinski definition) is 3. The molecule has 0 aromatic heterocycles. The molecule has 0 heterocycles. The highest BCUT2D eigenvalue weighted by molar-refractivity contribution is 7.92. The number of halogens is 1. The zero-order chi connectivity index (χ0) is 19.3. The van der Waals surface area contributed by atoms with Crippen LogP contribution >= 0.6 is 11.6 Å². The molecule has 0 fully saturated rings. The highest BCUT2D eigenvalue weighted by atomic mass is 35.5. The predicted molar refractivity (Wildman–Crippen MR) is 96.8 cm³/mol. The van der Waals surface area contributed by atoms with E-state index in [0.717, 1.165) is 0 Å². The van der Waals surface area contributed by atoms with Gasteiger partial charge in [0.15, 0.2) is 0 Å². The van der Waals surface area contributed by atoms with Crippen LogP contribution in [0, 0.1) is 0 Å². The minimum absolute atomic E-state index is 0.0622. The lowest BCUT2D eigenvalue weighted by molar-refractivity contribution is -0.117. The molecular weight excluding hydrogens is 382 g/mol. The second-order valence-corrected chi connectivity index (χ2v) is 7.25. The summed E-state index contributed by atoms with van der Waals surface area (Å²) < 4.78 is 32.7. The minimum Gasteiger partial charge on any atom is -0.495 e. The summed E-state index contributed by atoms with van der Waals surface area (Å²) in [7, 11) is -2.62.